The lowest BCUT2D eigenvalue weighted by Gasteiger charge is -2.06. The van der Waals surface area contributed by atoms with E-state index in [9.17, 15) is 9.59 Å². The van der Waals surface area contributed by atoms with Crippen LogP contribution in [0.5, 0.6) is 0 Å². The van der Waals surface area contributed by atoms with Gasteiger partial charge in [-0.2, -0.15) is 0 Å². The molecule has 1 aliphatic rings. The summed E-state index contributed by atoms with van der Waals surface area (Å²) >= 11 is 7.47. The molecule has 7 heteroatoms. The topological polar surface area (TPSA) is 71.1 Å². The number of rotatable bonds is 5. The van der Waals surface area contributed by atoms with Crippen molar-refractivity contribution in [1.82, 2.24) is 10.3 Å². The third-order valence-electron chi connectivity index (χ3n) is 3.53. The summed E-state index contributed by atoms with van der Waals surface area (Å²) in [7, 11) is 0. The normalized spacial score (nSPS) is 19.5. The van der Waals surface area contributed by atoms with E-state index in [1.54, 1.807) is 11.6 Å². The van der Waals surface area contributed by atoms with Gasteiger partial charge in [-0.3, -0.25) is 9.59 Å². The van der Waals surface area contributed by atoms with Gasteiger partial charge in [0.1, 0.15) is 0 Å². The highest BCUT2D eigenvalue weighted by atomic mass is 35.5. The number of nitrogens with one attached hydrogen (secondary N) is 2. The number of hydrogen-bond donors (Lipinski definition) is 2. The van der Waals surface area contributed by atoms with Crippen LogP contribution < -0.4 is 10.6 Å². The minimum Gasteiger partial charge on any atom is -0.347 e. The Morgan fingerprint density at radius 1 is 1.36 bits per heavy atom. The molecular weight excluding hydrogens is 322 g/mol. The van der Waals surface area contributed by atoms with Gasteiger partial charge in [0, 0.05) is 22.5 Å². The second-order valence-corrected chi connectivity index (χ2v) is 6.38. The molecule has 0 radical (unpaired) electrons. The van der Waals surface area contributed by atoms with Crippen molar-refractivity contribution in [3.63, 3.8) is 0 Å². The van der Waals surface area contributed by atoms with Gasteiger partial charge in [0.25, 0.3) is 0 Å². The van der Waals surface area contributed by atoms with Gasteiger partial charge in [-0.15, -0.1) is 11.3 Å². The molecule has 1 aliphatic carbocycles. The largest absolute Gasteiger partial charge is 0.347 e. The zero-order valence-corrected chi connectivity index (χ0v) is 13.2. The third-order valence-corrected chi connectivity index (χ3v) is 4.57. The highest BCUT2D eigenvalue weighted by molar-refractivity contribution is 7.13. The third kappa shape index (κ3) is 3.45. The molecule has 2 aromatic rings. The lowest BCUT2D eigenvalue weighted by Crippen LogP contribution is -2.34. The van der Waals surface area contributed by atoms with E-state index in [0.717, 1.165) is 12.0 Å². The van der Waals surface area contributed by atoms with Crippen molar-refractivity contribution in [2.75, 3.05) is 11.9 Å². The molecule has 1 heterocycles. The summed E-state index contributed by atoms with van der Waals surface area (Å²) in [5.41, 5.74) is 0.997. The molecule has 1 aromatic heterocycles. The molecule has 0 spiro atoms. The van der Waals surface area contributed by atoms with Crippen molar-refractivity contribution >= 4 is 39.9 Å². The Hall–Kier alpha value is -1.92. The lowest BCUT2D eigenvalue weighted by molar-refractivity contribution is -0.125. The van der Waals surface area contributed by atoms with E-state index in [4.69, 9.17) is 11.6 Å². The Balaban J connectivity index is 1.48. The number of anilines is 1. The fraction of sp³-hybridized carbons (Fsp3) is 0.267. The number of halogens is 1. The lowest BCUT2D eigenvalue weighted by atomic mass is 10.1. The first kappa shape index (κ1) is 15.0. The Bertz CT molecular complexity index is 690. The van der Waals surface area contributed by atoms with Crippen molar-refractivity contribution in [2.45, 2.75) is 12.3 Å². The Labute approximate surface area is 136 Å². The number of carbonyl (C=O) groups is 2. The van der Waals surface area contributed by atoms with E-state index < -0.39 is 0 Å². The van der Waals surface area contributed by atoms with Crippen LogP contribution in [0.1, 0.15) is 17.9 Å². The van der Waals surface area contributed by atoms with E-state index in [0.29, 0.717) is 10.2 Å². The molecule has 0 saturated heterocycles. The van der Waals surface area contributed by atoms with Crippen molar-refractivity contribution in [3.8, 4) is 0 Å². The van der Waals surface area contributed by atoms with E-state index in [1.807, 2.05) is 24.3 Å². The molecule has 5 nitrogen and oxygen atoms in total. The average Bonchev–Trinajstić information content (AvgIpc) is 3.14. The van der Waals surface area contributed by atoms with Gasteiger partial charge in [-0.25, -0.2) is 4.98 Å². The van der Waals surface area contributed by atoms with Crippen molar-refractivity contribution in [3.05, 3.63) is 46.4 Å². The first-order chi connectivity index (χ1) is 10.6. The predicted octanol–water partition coefficient (Wildman–Crippen LogP) is 2.65. The highest BCUT2D eigenvalue weighted by Gasteiger charge is 2.44. The summed E-state index contributed by atoms with van der Waals surface area (Å²) in [5.74, 6) is -0.347. The summed E-state index contributed by atoms with van der Waals surface area (Å²) in [6.07, 6.45) is 2.38. The predicted molar refractivity (Wildman–Crippen MR) is 86.1 cm³/mol. The monoisotopic (exact) mass is 335 g/mol. The molecule has 0 unspecified atom stereocenters. The van der Waals surface area contributed by atoms with Gasteiger partial charge in [0.15, 0.2) is 5.13 Å². The molecule has 1 aromatic carbocycles. The molecule has 1 saturated carbocycles. The molecule has 2 amide bonds. The van der Waals surface area contributed by atoms with Crippen LogP contribution in [-0.2, 0) is 9.59 Å². The van der Waals surface area contributed by atoms with Gasteiger partial charge in [-0.1, -0.05) is 29.8 Å². The Morgan fingerprint density at radius 3 is 2.91 bits per heavy atom. The molecule has 1 fully saturated rings. The summed E-state index contributed by atoms with van der Waals surface area (Å²) in [5, 5.41) is 8.26. The number of amides is 2. The SMILES string of the molecule is O=C(CNC(=O)[C@@H]1C[C@H]1c1ccccc1Cl)Nc1nccs1. The second-order valence-electron chi connectivity index (χ2n) is 5.07. The number of aromatic nitrogens is 1. The molecule has 2 atom stereocenters. The molecule has 2 N–H and O–H groups in total. The van der Waals surface area contributed by atoms with E-state index in [2.05, 4.69) is 15.6 Å². The highest BCUT2D eigenvalue weighted by Crippen LogP contribution is 2.49. The molecule has 0 bridgehead atoms. The molecule has 22 heavy (non-hydrogen) atoms. The van der Waals surface area contributed by atoms with Crippen LogP contribution >= 0.6 is 22.9 Å². The maximum Gasteiger partial charge on any atom is 0.245 e. The van der Waals surface area contributed by atoms with Gasteiger partial charge in [0.2, 0.25) is 11.8 Å². The van der Waals surface area contributed by atoms with Gasteiger partial charge < -0.3 is 10.6 Å². The first-order valence-corrected chi connectivity index (χ1v) is 8.12. The number of nitrogens with zero attached hydrogens (tertiary/aromatic N) is 1. The van der Waals surface area contributed by atoms with Crippen molar-refractivity contribution in [1.29, 1.82) is 0 Å². The van der Waals surface area contributed by atoms with Crippen LogP contribution in [0.2, 0.25) is 5.02 Å². The van der Waals surface area contributed by atoms with E-state index in [-0.39, 0.29) is 30.2 Å². The zero-order chi connectivity index (χ0) is 15.5. The maximum atomic E-state index is 12.1. The van der Waals surface area contributed by atoms with Crippen LogP contribution in [0.15, 0.2) is 35.8 Å². The summed E-state index contributed by atoms with van der Waals surface area (Å²) < 4.78 is 0. The minimum atomic E-state index is -0.279. The van der Waals surface area contributed by atoms with E-state index in [1.165, 1.54) is 11.3 Å². The molecule has 3 rings (SSSR count). The standard InChI is InChI=1S/C15H14ClN3O2S/c16-12-4-2-1-3-9(12)10-7-11(10)14(21)18-8-13(20)19-15-17-5-6-22-15/h1-6,10-11H,7-8H2,(H,18,21)(H,17,19,20)/t10-,11+/m0/s1. The first-order valence-electron chi connectivity index (χ1n) is 6.86. The number of benzene rings is 1. The zero-order valence-electron chi connectivity index (χ0n) is 11.6. The van der Waals surface area contributed by atoms with Gasteiger partial charge in [0.05, 0.1) is 6.54 Å². The summed E-state index contributed by atoms with van der Waals surface area (Å²) in [6, 6.07) is 7.54. The van der Waals surface area contributed by atoms with Crippen LogP contribution in [0.4, 0.5) is 5.13 Å². The fourth-order valence-corrected chi connectivity index (χ4v) is 3.17. The van der Waals surface area contributed by atoms with Crippen LogP contribution in [0.25, 0.3) is 0 Å². The quantitative estimate of drug-likeness (QED) is 0.882. The Morgan fingerprint density at radius 2 is 2.18 bits per heavy atom. The summed E-state index contributed by atoms with van der Waals surface area (Å²) in [6.45, 7) is -0.0514. The van der Waals surface area contributed by atoms with Gasteiger partial charge in [-0.05, 0) is 24.0 Å². The number of hydrogen-bond acceptors (Lipinski definition) is 4. The number of carbonyl (C=O) groups excluding carboxylic acids is 2. The van der Waals surface area contributed by atoms with Crippen molar-refractivity contribution in [2.24, 2.45) is 5.92 Å². The van der Waals surface area contributed by atoms with Crippen LogP contribution in [0, 0.1) is 5.92 Å². The number of thiazole rings is 1. The van der Waals surface area contributed by atoms with Crippen molar-refractivity contribution < 1.29 is 9.59 Å². The van der Waals surface area contributed by atoms with Gasteiger partial charge >= 0.3 is 0 Å². The molecular formula is C15H14ClN3O2S. The minimum absolute atomic E-state index is 0.0514. The molecule has 114 valence electrons. The average molecular weight is 336 g/mol. The molecule has 0 aliphatic heterocycles. The van der Waals surface area contributed by atoms with Crippen LogP contribution in [0.3, 0.4) is 0 Å². The Kier molecular flexibility index (Phi) is 4.40. The smallest absolute Gasteiger partial charge is 0.245 e. The van der Waals surface area contributed by atoms with Crippen LogP contribution in [-0.4, -0.2) is 23.3 Å². The fourth-order valence-electron chi connectivity index (χ4n) is 2.35. The second kappa shape index (κ2) is 6.46. The van der Waals surface area contributed by atoms with E-state index >= 15 is 0 Å². The maximum absolute atomic E-state index is 12.1. The summed E-state index contributed by atoms with van der Waals surface area (Å²) in [4.78, 5) is 27.7.